The summed E-state index contributed by atoms with van der Waals surface area (Å²) in [6, 6.07) is 11.9. The van der Waals surface area contributed by atoms with Crippen LogP contribution in [-0.2, 0) is 11.2 Å². The number of oxazole rings is 1. The first-order valence-electron chi connectivity index (χ1n) is 9.99. The van der Waals surface area contributed by atoms with Crippen molar-refractivity contribution in [3.63, 3.8) is 0 Å². The van der Waals surface area contributed by atoms with Gasteiger partial charge in [-0.1, -0.05) is 17.7 Å². The molecule has 1 aromatic heterocycles. The molecule has 0 N–H and O–H groups in total. The Morgan fingerprint density at radius 3 is 2.60 bits per heavy atom. The minimum absolute atomic E-state index is 0.0963. The summed E-state index contributed by atoms with van der Waals surface area (Å²) in [5.74, 6) is 0.882. The number of anilines is 1. The summed E-state index contributed by atoms with van der Waals surface area (Å²) < 4.78 is 18.8. The SMILES string of the molecule is Cc1ccc(Cl)cc1N1CCN(C(=O)CCc2ncc(-c3ccc(F)cc3)o2)CC1. The second-order valence-corrected chi connectivity index (χ2v) is 7.86. The molecule has 7 heteroatoms. The van der Waals surface area contributed by atoms with Crippen LogP contribution in [0.1, 0.15) is 17.9 Å². The van der Waals surface area contributed by atoms with Crippen LogP contribution in [0.2, 0.25) is 5.02 Å². The number of rotatable bonds is 5. The van der Waals surface area contributed by atoms with Crippen LogP contribution in [0.4, 0.5) is 10.1 Å². The summed E-state index contributed by atoms with van der Waals surface area (Å²) in [7, 11) is 0. The topological polar surface area (TPSA) is 49.6 Å². The zero-order valence-electron chi connectivity index (χ0n) is 16.8. The van der Waals surface area contributed by atoms with E-state index in [0.29, 0.717) is 37.6 Å². The lowest BCUT2D eigenvalue weighted by molar-refractivity contribution is -0.131. The van der Waals surface area contributed by atoms with E-state index < -0.39 is 0 Å². The number of carbonyl (C=O) groups is 1. The van der Waals surface area contributed by atoms with Crippen LogP contribution < -0.4 is 4.90 Å². The van der Waals surface area contributed by atoms with Crippen LogP contribution in [0.3, 0.4) is 0 Å². The van der Waals surface area contributed by atoms with Crippen molar-refractivity contribution in [1.29, 1.82) is 0 Å². The highest BCUT2D eigenvalue weighted by molar-refractivity contribution is 6.30. The summed E-state index contributed by atoms with van der Waals surface area (Å²) >= 11 is 6.14. The van der Waals surface area contributed by atoms with Crippen molar-refractivity contribution in [2.75, 3.05) is 31.1 Å². The average molecular weight is 428 g/mol. The molecule has 4 rings (SSSR count). The second kappa shape index (κ2) is 8.88. The van der Waals surface area contributed by atoms with Gasteiger partial charge in [-0.05, 0) is 48.9 Å². The maximum absolute atomic E-state index is 13.1. The quantitative estimate of drug-likeness (QED) is 0.591. The Morgan fingerprint density at radius 1 is 1.13 bits per heavy atom. The predicted octanol–water partition coefficient (Wildman–Crippen LogP) is 4.72. The minimum Gasteiger partial charge on any atom is -0.441 e. The second-order valence-electron chi connectivity index (χ2n) is 7.42. The Kier molecular flexibility index (Phi) is 6.04. The Bertz CT molecular complexity index is 1030. The molecule has 1 aliphatic heterocycles. The first-order valence-corrected chi connectivity index (χ1v) is 10.4. The van der Waals surface area contributed by atoms with Crippen molar-refractivity contribution in [2.24, 2.45) is 0 Å². The Labute approximate surface area is 180 Å². The highest BCUT2D eigenvalue weighted by Crippen LogP contribution is 2.26. The molecule has 30 heavy (non-hydrogen) atoms. The van der Waals surface area contributed by atoms with E-state index in [2.05, 4.69) is 16.8 Å². The minimum atomic E-state index is -0.297. The number of aryl methyl sites for hydroxylation is 2. The normalized spacial score (nSPS) is 14.2. The molecule has 1 amide bonds. The van der Waals surface area contributed by atoms with Crippen LogP contribution in [0.15, 0.2) is 53.1 Å². The van der Waals surface area contributed by atoms with Gasteiger partial charge in [-0.2, -0.15) is 0 Å². The molecule has 3 aromatic rings. The molecule has 0 atom stereocenters. The van der Waals surface area contributed by atoms with Gasteiger partial charge in [-0.3, -0.25) is 4.79 Å². The summed E-state index contributed by atoms with van der Waals surface area (Å²) in [5, 5.41) is 0.722. The molecule has 1 saturated heterocycles. The summed E-state index contributed by atoms with van der Waals surface area (Å²) in [6.45, 7) is 4.98. The molecule has 156 valence electrons. The van der Waals surface area contributed by atoms with E-state index in [1.54, 1.807) is 18.3 Å². The molecule has 0 radical (unpaired) electrons. The fraction of sp³-hybridized carbons (Fsp3) is 0.304. The van der Waals surface area contributed by atoms with Crippen LogP contribution in [0, 0.1) is 12.7 Å². The number of nitrogens with zero attached hydrogens (tertiary/aromatic N) is 3. The van der Waals surface area contributed by atoms with Gasteiger partial charge in [0.05, 0.1) is 6.20 Å². The number of benzene rings is 2. The summed E-state index contributed by atoms with van der Waals surface area (Å²) in [5.41, 5.74) is 3.07. The first kappa shape index (κ1) is 20.4. The zero-order valence-corrected chi connectivity index (χ0v) is 17.5. The van der Waals surface area contributed by atoms with Gasteiger partial charge in [-0.15, -0.1) is 0 Å². The fourth-order valence-electron chi connectivity index (χ4n) is 3.67. The number of amides is 1. The van der Waals surface area contributed by atoms with E-state index in [1.807, 2.05) is 23.1 Å². The van der Waals surface area contributed by atoms with E-state index in [4.69, 9.17) is 16.0 Å². The first-order chi connectivity index (χ1) is 14.5. The van der Waals surface area contributed by atoms with Crippen molar-refractivity contribution in [1.82, 2.24) is 9.88 Å². The van der Waals surface area contributed by atoms with Gasteiger partial charge in [0.2, 0.25) is 5.91 Å². The number of piperazine rings is 1. The molecule has 5 nitrogen and oxygen atoms in total. The number of hydrogen-bond acceptors (Lipinski definition) is 4. The lowest BCUT2D eigenvalue weighted by Gasteiger charge is -2.37. The predicted molar refractivity (Wildman–Crippen MR) is 115 cm³/mol. The lowest BCUT2D eigenvalue weighted by Crippen LogP contribution is -2.49. The van der Waals surface area contributed by atoms with Crippen molar-refractivity contribution >= 4 is 23.2 Å². The molecular weight excluding hydrogens is 405 g/mol. The van der Waals surface area contributed by atoms with Gasteiger partial charge in [0.15, 0.2) is 11.7 Å². The molecule has 1 fully saturated rings. The van der Waals surface area contributed by atoms with Crippen molar-refractivity contribution < 1.29 is 13.6 Å². The molecule has 1 aliphatic rings. The molecule has 0 aliphatic carbocycles. The molecular formula is C23H23ClFN3O2. The molecule has 0 bridgehead atoms. The standard InChI is InChI=1S/C23H23ClFN3O2/c1-16-2-5-18(24)14-20(16)27-10-12-28(13-11-27)23(29)9-8-22-26-15-21(30-22)17-3-6-19(25)7-4-17/h2-7,14-15H,8-13H2,1H3. The third-order valence-corrected chi connectivity index (χ3v) is 5.61. The third-order valence-electron chi connectivity index (χ3n) is 5.38. The van der Waals surface area contributed by atoms with E-state index in [1.165, 1.54) is 17.7 Å². The summed E-state index contributed by atoms with van der Waals surface area (Å²) in [6.07, 6.45) is 2.40. The number of carbonyl (C=O) groups excluding carboxylic acids is 1. The Hall–Kier alpha value is -2.86. The van der Waals surface area contributed by atoms with Gasteiger partial charge < -0.3 is 14.2 Å². The van der Waals surface area contributed by atoms with Crippen molar-refractivity contribution in [3.05, 3.63) is 71.0 Å². The Balaban J connectivity index is 1.29. The van der Waals surface area contributed by atoms with Crippen LogP contribution in [-0.4, -0.2) is 42.0 Å². The van der Waals surface area contributed by atoms with Gasteiger partial charge in [0, 0.05) is 55.3 Å². The average Bonchev–Trinajstić information content (AvgIpc) is 3.23. The number of hydrogen-bond donors (Lipinski definition) is 0. The lowest BCUT2D eigenvalue weighted by atomic mass is 10.1. The van der Waals surface area contributed by atoms with Crippen LogP contribution in [0.25, 0.3) is 11.3 Å². The molecule has 2 aromatic carbocycles. The smallest absolute Gasteiger partial charge is 0.223 e. The maximum atomic E-state index is 13.1. The van der Waals surface area contributed by atoms with Gasteiger partial charge in [-0.25, -0.2) is 9.37 Å². The van der Waals surface area contributed by atoms with E-state index >= 15 is 0 Å². The highest BCUT2D eigenvalue weighted by Gasteiger charge is 2.22. The van der Waals surface area contributed by atoms with Gasteiger partial charge in [0.1, 0.15) is 5.82 Å². The molecule has 0 saturated carbocycles. The number of halogens is 2. The number of aromatic nitrogens is 1. The monoisotopic (exact) mass is 427 g/mol. The van der Waals surface area contributed by atoms with Gasteiger partial charge >= 0.3 is 0 Å². The van der Waals surface area contributed by atoms with E-state index in [9.17, 15) is 9.18 Å². The van der Waals surface area contributed by atoms with Gasteiger partial charge in [0.25, 0.3) is 0 Å². The van der Waals surface area contributed by atoms with Crippen molar-refractivity contribution in [3.8, 4) is 11.3 Å². The fourth-order valence-corrected chi connectivity index (χ4v) is 3.83. The molecule has 0 unspecified atom stereocenters. The molecule has 2 heterocycles. The van der Waals surface area contributed by atoms with Crippen LogP contribution >= 0.6 is 11.6 Å². The maximum Gasteiger partial charge on any atom is 0.223 e. The molecule has 0 spiro atoms. The third kappa shape index (κ3) is 4.65. The van der Waals surface area contributed by atoms with Crippen molar-refractivity contribution in [2.45, 2.75) is 19.8 Å². The highest BCUT2D eigenvalue weighted by atomic mass is 35.5. The summed E-state index contributed by atoms with van der Waals surface area (Å²) in [4.78, 5) is 21.0. The largest absolute Gasteiger partial charge is 0.441 e. The van der Waals surface area contributed by atoms with Crippen LogP contribution in [0.5, 0.6) is 0 Å². The van der Waals surface area contributed by atoms with E-state index in [0.717, 1.165) is 29.4 Å². The zero-order chi connectivity index (χ0) is 21.1. The Morgan fingerprint density at radius 2 is 1.87 bits per heavy atom. The van der Waals surface area contributed by atoms with E-state index in [-0.39, 0.29) is 11.7 Å².